The van der Waals surface area contributed by atoms with E-state index in [4.69, 9.17) is 20.9 Å². The number of primary amides is 2. The summed E-state index contributed by atoms with van der Waals surface area (Å²) < 4.78 is 10.6. The minimum Gasteiger partial charge on any atom is -0.497 e. The average molecular weight is 799 g/mol. The maximum absolute atomic E-state index is 12.5. The van der Waals surface area contributed by atoms with Gasteiger partial charge in [-0.05, 0) is 95.1 Å². The molecule has 0 spiro atoms. The highest BCUT2D eigenvalue weighted by Gasteiger charge is 2.25. The molecule has 0 fully saturated rings. The number of likely N-dealkylation sites (N-methyl/N-ethyl adjacent to an activating group) is 2. The number of aliphatic imine (C=N–C) groups is 2. The van der Waals surface area contributed by atoms with Crippen LogP contribution in [0, 0.1) is 0 Å². The zero-order valence-corrected chi connectivity index (χ0v) is 33.5. The molecule has 2 aliphatic heterocycles. The average Bonchev–Trinajstić information content (AvgIpc) is 3.49. The minimum atomic E-state index is -0.510. The Morgan fingerprint density at radius 3 is 1.38 bits per heavy atom. The van der Waals surface area contributed by atoms with Crippen LogP contribution in [-0.2, 0) is 9.59 Å². The molecule has 60 heavy (non-hydrogen) atoms. The van der Waals surface area contributed by atoms with Gasteiger partial charge in [0.05, 0.1) is 37.0 Å². The molecule has 0 aromatic heterocycles. The predicted octanol–water partition coefficient (Wildman–Crippen LogP) is 6.55. The van der Waals surface area contributed by atoms with E-state index < -0.39 is 11.8 Å². The molecule has 0 atom stereocenters. The maximum Gasteiger partial charge on any atom is 0.248 e. The van der Waals surface area contributed by atoms with E-state index in [1.54, 1.807) is 74.5 Å². The minimum absolute atomic E-state index is 0.0236. The van der Waals surface area contributed by atoms with Crippen molar-refractivity contribution in [3.63, 3.8) is 0 Å². The molecule has 0 unspecified atom stereocenters. The summed E-state index contributed by atoms with van der Waals surface area (Å²) >= 11 is 0. The molecule has 6 aromatic carbocycles. The number of carbonyl (C=O) groups is 4. The lowest BCUT2D eigenvalue weighted by Crippen LogP contribution is -2.27. The second-order valence-corrected chi connectivity index (χ2v) is 14.0. The van der Waals surface area contributed by atoms with E-state index in [1.807, 2.05) is 97.1 Å². The predicted molar refractivity (Wildman–Crippen MR) is 235 cm³/mol. The van der Waals surface area contributed by atoms with E-state index in [-0.39, 0.29) is 24.9 Å². The SMILES string of the molecule is COc1ccc(-c2ccc3c(c2)C(c2cccc(C(N)=O)c2)=NCC(=O)N3C)cc1.COc1cccc(-c2ccc3c(c2)C(c2cccc(C(N)=O)c2)=NCC(=O)N3C)c1. The van der Waals surface area contributed by atoms with Crippen molar-refractivity contribution in [1.82, 2.24) is 0 Å². The second kappa shape index (κ2) is 17.3. The Morgan fingerprint density at radius 2 is 0.917 bits per heavy atom. The fourth-order valence-electron chi connectivity index (χ4n) is 7.06. The molecule has 6 aromatic rings. The zero-order valence-electron chi connectivity index (χ0n) is 33.5. The van der Waals surface area contributed by atoms with Gasteiger partial charge in [-0.25, -0.2) is 0 Å². The first-order valence-corrected chi connectivity index (χ1v) is 19.0. The Labute approximate surface area is 347 Å². The van der Waals surface area contributed by atoms with Crippen molar-refractivity contribution < 1.29 is 28.7 Å². The first-order valence-electron chi connectivity index (χ1n) is 19.0. The van der Waals surface area contributed by atoms with Gasteiger partial charge in [-0.2, -0.15) is 0 Å². The van der Waals surface area contributed by atoms with Crippen molar-refractivity contribution in [1.29, 1.82) is 0 Å². The van der Waals surface area contributed by atoms with Crippen LogP contribution in [0.4, 0.5) is 11.4 Å². The third kappa shape index (κ3) is 8.39. The van der Waals surface area contributed by atoms with Crippen LogP contribution in [0.3, 0.4) is 0 Å². The number of hydrogen-bond donors (Lipinski definition) is 2. The highest BCUT2D eigenvalue weighted by atomic mass is 16.5. The number of nitrogens with two attached hydrogens (primary N) is 2. The quantitative estimate of drug-likeness (QED) is 0.177. The van der Waals surface area contributed by atoms with Crippen LogP contribution in [0.25, 0.3) is 22.3 Å². The van der Waals surface area contributed by atoms with Crippen LogP contribution in [0.5, 0.6) is 11.5 Å². The number of amides is 4. The Bertz CT molecular complexity index is 2720. The maximum atomic E-state index is 12.5. The zero-order chi connectivity index (χ0) is 42.5. The number of benzene rings is 6. The van der Waals surface area contributed by atoms with Crippen LogP contribution < -0.4 is 30.7 Å². The standard InChI is InChI=1S/2C24H21N3O3/c1-27-21-10-9-16(15-5-4-8-19(12-15)30-2)13-20(21)23(26-14-22(27)28)17-6-3-7-18(11-17)24(25)29;1-27-21-11-8-16(15-6-9-19(30-2)10-7-15)13-20(21)23(26-14-22(27)28)17-4-3-5-18(12-17)24(25)29/h2*3-13H,14H2,1-2H3,(H2,25,29). The van der Waals surface area contributed by atoms with Crippen molar-refractivity contribution in [2.45, 2.75) is 0 Å². The number of hydrogen-bond acceptors (Lipinski definition) is 8. The molecule has 0 radical (unpaired) electrons. The van der Waals surface area contributed by atoms with Gasteiger partial charge < -0.3 is 30.7 Å². The summed E-state index contributed by atoms with van der Waals surface area (Å²) in [5.74, 6) is 0.319. The molecule has 0 saturated carbocycles. The van der Waals surface area contributed by atoms with Gasteiger partial charge in [-0.15, -0.1) is 0 Å². The lowest BCUT2D eigenvalue weighted by molar-refractivity contribution is -0.117. The second-order valence-electron chi connectivity index (χ2n) is 14.0. The molecule has 2 aliphatic rings. The van der Waals surface area contributed by atoms with Crippen LogP contribution in [0.1, 0.15) is 43.0 Å². The summed E-state index contributed by atoms with van der Waals surface area (Å²) in [6.45, 7) is 0.0506. The molecule has 0 saturated heterocycles. The van der Waals surface area contributed by atoms with Gasteiger partial charge >= 0.3 is 0 Å². The lowest BCUT2D eigenvalue weighted by atomic mass is 9.94. The highest BCUT2D eigenvalue weighted by molar-refractivity contribution is 6.21. The fraction of sp³-hybridized carbons (Fsp3) is 0.125. The summed E-state index contributed by atoms with van der Waals surface area (Å²) in [5, 5.41) is 0. The monoisotopic (exact) mass is 798 g/mol. The third-order valence-electron chi connectivity index (χ3n) is 10.4. The van der Waals surface area contributed by atoms with Crippen LogP contribution in [0.15, 0.2) is 143 Å². The number of benzodiazepines with no additional fused rings is 2. The first kappa shape index (κ1) is 40.3. The van der Waals surface area contributed by atoms with Crippen molar-refractivity contribution in [3.8, 4) is 33.8 Å². The van der Waals surface area contributed by atoms with E-state index in [2.05, 4.69) is 9.98 Å². The molecule has 8 rings (SSSR count). The molecule has 12 heteroatoms. The number of ether oxygens (including phenoxy) is 2. The molecule has 0 bridgehead atoms. The van der Waals surface area contributed by atoms with Gasteiger partial charge in [0.25, 0.3) is 0 Å². The molecule has 4 N–H and O–H groups in total. The number of anilines is 2. The van der Waals surface area contributed by atoms with Gasteiger partial charge in [-0.1, -0.05) is 60.7 Å². The number of rotatable bonds is 8. The topological polar surface area (TPSA) is 170 Å². The van der Waals surface area contributed by atoms with E-state index in [0.717, 1.165) is 67.4 Å². The van der Waals surface area contributed by atoms with E-state index >= 15 is 0 Å². The van der Waals surface area contributed by atoms with Gasteiger partial charge in [0.1, 0.15) is 24.6 Å². The Morgan fingerprint density at radius 1 is 0.500 bits per heavy atom. The van der Waals surface area contributed by atoms with Crippen molar-refractivity contribution >= 4 is 46.4 Å². The smallest absolute Gasteiger partial charge is 0.248 e. The molecule has 0 aliphatic carbocycles. The van der Waals surface area contributed by atoms with Gasteiger partial charge in [0.2, 0.25) is 23.6 Å². The summed E-state index contributed by atoms with van der Waals surface area (Å²) in [4.78, 5) is 60.7. The third-order valence-corrected chi connectivity index (χ3v) is 10.4. The van der Waals surface area contributed by atoms with Gasteiger partial charge in [0.15, 0.2) is 0 Å². The summed E-state index contributed by atoms with van der Waals surface area (Å²) in [5.41, 5.74) is 21.6. The fourth-order valence-corrected chi connectivity index (χ4v) is 7.06. The highest BCUT2D eigenvalue weighted by Crippen LogP contribution is 2.34. The Balaban J connectivity index is 0.000000181. The van der Waals surface area contributed by atoms with Crippen LogP contribution in [-0.4, -0.2) is 76.5 Å². The number of fused-ring (bicyclic) bond motifs is 2. The molecule has 300 valence electrons. The van der Waals surface area contributed by atoms with Crippen LogP contribution >= 0.6 is 0 Å². The van der Waals surface area contributed by atoms with Gasteiger partial charge in [0, 0.05) is 47.5 Å². The van der Waals surface area contributed by atoms with Gasteiger partial charge in [-0.3, -0.25) is 29.2 Å². The van der Waals surface area contributed by atoms with E-state index in [1.165, 1.54) is 0 Å². The molecule has 4 amide bonds. The molecular formula is C48H42N6O6. The number of carbonyl (C=O) groups excluding carboxylic acids is 4. The summed E-state index contributed by atoms with van der Waals surface area (Å²) in [7, 11) is 6.75. The normalized spacial score (nSPS) is 13.3. The largest absolute Gasteiger partial charge is 0.497 e. The Kier molecular flexibility index (Phi) is 11.6. The number of nitrogens with zero attached hydrogens (tertiary/aromatic N) is 4. The molecular weight excluding hydrogens is 757 g/mol. The number of methoxy groups -OCH3 is 2. The summed E-state index contributed by atoms with van der Waals surface area (Å²) in [6, 6.07) is 41.4. The summed E-state index contributed by atoms with van der Waals surface area (Å²) in [6.07, 6.45) is 0. The van der Waals surface area contributed by atoms with E-state index in [0.29, 0.717) is 22.6 Å². The molecule has 12 nitrogen and oxygen atoms in total. The Hall–Kier alpha value is -7.86. The first-order chi connectivity index (χ1) is 28.9. The van der Waals surface area contributed by atoms with Crippen molar-refractivity contribution in [2.75, 3.05) is 51.2 Å². The van der Waals surface area contributed by atoms with Crippen molar-refractivity contribution in [3.05, 3.63) is 167 Å². The van der Waals surface area contributed by atoms with E-state index in [9.17, 15) is 19.2 Å². The van der Waals surface area contributed by atoms with Crippen molar-refractivity contribution in [2.24, 2.45) is 21.5 Å². The molecule has 2 heterocycles. The lowest BCUT2D eigenvalue weighted by Gasteiger charge is -2.19. The van der Waals surface area contributed by atoms with Crippen LogP contribution in [0.2, 0.25) is 0 Å².